The summed E-state index contributed by atoms with van der Waals surface area (Å²) in [7, 11) is 0. The van der Waals surface area contributed by atoms with Gasteiger partial charge in [0, 0.05) is 16.3 Å². The van der Waals surface area contributed by atoms with Crippen molar-refractivity contribution < 1.29 is 29.9 Å². The van der Waals surface area contributed by atoms with Gasteiger partial charge < -0.3 is 29.9 Å². The Labute approximate surface area is 295 Å². The van der Waals surface area contributed by atoms with Crippen molar-refractivity contribution in [2.45, 2.75) is 0 Å². The number of aromatic hydroxyl groups is 5. The first-order valence-corrected chi connectivity index (χ1v) is 16.9. The van der Waals surface area contributed by atoms with E-state index in [1.807, 2.05) is 72.8 Å². The van der Waals surface area contributed by atoms with Crippen molar-refractivity contribution in [3.8, 4) is 62.1 Å². The van der Waals surface area contributed by atoms with Crippen LogP contribution in [-0.4, -0.2) is 25.5 Å². The van der Waals surface area contributed by atoms with Crippen molar-refractivity contribution in [3.05, 3.63) is 140 Å². The molecule has 0 aliphatic carbocycles. The summed E-state index contributed by atoms with van der Waals surface area (Å²) in [6, 6.07) is 46.8. The Kier molecular flexibility index (Phi) is 6.23. The number of phenols is 5. The molecule has 0 saturated carbocycles. The summed E-state index contributed by atoms with van der Waals surface area (Å²) in [5.74, 6) is -4.34. The zero-order chi connectivity index (χ0) is 35.2. The lowest BCUT2D eigenvalue weighted by atomic mass is 9.84. The van der Waals surface area contributed by atoms with Gasteiger partial charge in [-0.25, -0.2) is 0 Å². The summed E-state index contributed by atoms with van der Waals surface area (Å²) < 4.78 is 6.58. The second kappa shape index (κ2) is 10.9. The molecule has 0 bridgehead atoms. The summed E-state index contributed by atoms with van der Waals surface area (Å²) in [5.41, 5.74) is 5.63. The molecule has 0 aliphatic rings. The minimum absolute atomic E-state index is 0.190. The molecule has 0 unspecified atom stereocenters. The van der Waals surface area contributed by atoms with E-state index in [0.717, 1.165) is 60.4 Å². The van der Waals surface area contributed by atoms with Gasteiger partial charge in [0.15, 0.2) is 11.5 Å². The molecule has 0 fully saturated rings. The van der Waals surface area contributed by atoms with Crippen LogP contribution in [0.2, 0.25) is 0 Å². The molecule has 0 radical (unpaired) electrons. The van der Waals surface area contributed by atoms with E-state index in [0.29, 0.717) is 16.3 Å². The lowest BCUT2D eigenvalue weighted by Gasteiger charge is -2.20. The number of rotatable bonds is 3. The minimum Gasteiger partial charge on any atom is -0.504 e. The third kappa shape index (κ3) is 4.06. The van der Waals surface area contributed by atoms with E-state index in [4.69, 9.17) is 4.42 Å². The van der Waals surface area contributed by atoms with Crippen molar-refractivity contribution in [3.63, 3.8) is 0 Å². The predicted octanol–water partition coefficient (Wildman–Crippen LogP) is 11.7. The fraction of sp³-hybridized carbons (Fsp3) is 0. The van der Waals surface area contributed by atoms with Gasteiger partial charge in [-0.15, -0.1) is 0 Å². The van der Waals surface area contributed by atoms with Crippen LogP contribution in [0, 0.1) is 0 Å². The number of hydrogen-bond donors (Lipinski definition) is 5. The van der Waals surface area contributed by atoms with Crippen LogP contribution in [0.1, 0.15) is 0 Å². The van der Waals surface area contributed by atoms with Crippen LogP contribution in [0.5, 0.6) is 28.7 Å². The van der Waals surface area contributed by atoms with Gasteiger partial charge in [-0.3, -0.25) is 0 Å². The maximum Gasteiger partial charge on any atom is 0.208 e. The molecule has 0 aliphatic heterocycles. The van der Waals surface area contributed by atoms with Crippen molar-refractivity contribution in [2.75, 3.05) is 0 Å². The lowest BCUT2D eigenvalue weighted by Crippen LogP contribution is -1.93. The largest absolute Gasteiger partial charge is 0.504 e. The number of furan rings is 1. The van der Waals surface area contributed by atoms with Gasteiger partial charge in [0.2, 0.25) is 17.2 Å². The Morgan fingerprint density at radius 3 is 1.40 bits per heavy atom. The Hall–Kier alpha value is -7.18. The fourth-order valence-corrected chi connectivity index (χ4v) is 8.10. The van der Waals surface area contributed by atoms with Crippen LogP contribution in [0.3, 0.4) is 0 Å². The van der Waals surface area contributed by atoms with Crippen molar-refractivity contribution in [1.82, 2.24) is 0 Å². The van der Waals surface area contributed by atoms with Crippen molar-refractivity contribution >= 4 is 65.0 Å². The van der Waals surface area contributed by atoms with E-state index >= 15 is 0 Å². The number of benzene rings is 9. The Morgan fingerprint density at radius 1 is 0.327 bits per heavy atom. The molecule has 10 rings (SSSR count). The molecule has 248 valence electrons. The van der Waals surface area contributed by atoms with Crippen molar-refractivity contribution in [1.29, 1.82) is 0 Å². The second-order valence-corrected chi connectivity index (χ2v) is 13.1. The van der Waals surface area contributed by atoms with Gasteiger partial charge in [-0.2, -0.15) is 0 Å². The van der Waals surface area contributed by atoms with Gasteiger partial charge in [-0.1, -0.05) is 121 Å². The van der Waals surface area contributed by atoms with Crippen molar-refractivity contribution in [2.24, 2.45) is 0 Å². The molecule has 6 heteroatoms. The molecule has 0 atom stereocenters. The monoisotopic (exact) mass is 676 g/mol. The van der Waals surface area contributed by atoms with Gasteiger partial charge in [-0.05, 0) is 83.5 Å². The molecule has 5 N–H and O–H groups in total. The zero-order valence-electron chi connectivity index (χ0n) is 27.4. The molecular weight excluding hydrogens is 649 g/mol. The molecule has 1 heterocycles. The standard InChI is InChI=1S/C46H28O6/c47-42-41(43(48)45(50)46(51)44(42)49)38-31-13-5-3-11-29(31)37(30-12-4-6-14-32(30)38)33-16-8-18-36-40(33)39-28(15-7-17-35(39)52-36)26-22-21-25-20-19-24-9-1-2-10-27(24)34(25)23-26/h1-23,47-51H. The maximum absolute atomic E-state index is 11.1. The molecule has 0 saturated heterocycles. The van der Waals surface area contributed by atoms with Crippen LogP contribution in [0.4, 0.5) is 0 Å². The van der Waals surface area contributed by atoms with Crippen LogP contribution in [-0.2, 0) is 0 Å². The molecule has 52 heavy (non-hydrogen) atoms. The minimum atomic E-state index is -1.00. The Morgan fingerprint density at radius 2 is 0.788 bits per heavy atom. The number of hydrogen-bond acceptors (Lipinski definition) is 6. The van der Waals surface area contributed by atoms with Crippen LogP contribution in [0.15, 0.2) is 144 Å². The highest BCUT2D eigenvalue weighted by Gasteiger charge is 2.28. The lowest BCUT2D eigenvalue weighted by molar-refractivity contribution is 0.330. The van der Waals surface area contributed by atoms with E-state index in [1.165, 1.54) is 16.2 Å². The molecule has 6 nitrogen and oxygen atoms in total. The van der Waals surface area contributed by atoms with Gasteiger partial charge in [0.1, 0.15) is 11.2 Å². The predicted molar refractivity (Wildman–Crippen MR) is 208 cm³/mol. The average molecular weight is 677 g/mol. The Balaban J connectivity index is 1.32. The normalized spacial score (nSPS) is 11.8. The fourth-order valence-electron chi connectivity index (χ4n) is 8.10. The molecule has 0 amide bonds. The summed E-state index contributed by atoms with van der Waals surface area (Å²) in [6.45, 7) is 0. The highest BCUT2D eigenvalue weighted by molar-refractivity contribution is 6.27. The second-order valence-electron chi connectivity index (χ2n) is 13.1. The summed E-state index contributed by atoms with van der Waals surface area (Å²) >= 11 is 0. The number of fused-ring (bicyclic) bond motifs is 8. The molecular formula is C46H28O6. The van der Waals surface area contributed by atoms with Gasteiger partial charge >= 0.3 is 0 Å². The quantitative estimate of drug-likeness (QED) is 0.0551. The van der Waals surface area contributed by atoms with Crippen LogP contribution >= 0.6 is 0 Å². The van der Waals surface area contributed by atoms with Crippen LogP contribution < -0.4 is 0 Å². The first-order chi connectivity index (χ1) is 25.4. The summed E-state index contributed by atoms with van der Waals surface area (Å²) in [4.78, 5) is 0. The molecule has 10 aromatic rings. The van der Waals surface area contributed by atoms with E-state index < -0.39 is 28.7 Å². The molecule has 9 aromatic carbocycles. The van der Waals surface area contributed by atoms with E-state index in [9.17, 15) is 25.5 Å². The van der Waals surface area contributed by atoms with E-state index in [1.54, 1.807) is 0 Å². The molecule has 1 aromatic heterocycles. The first-order valence-electron chi connectivity index (χ1n) is 16.9. The highest BCUT2D eigenvalue weighted by Crippen LogP contribution is 2.58. The van der Waals surface area contributed by atoms with Gasteiger partial charge in [0.05, 0.1) is 5.56 Å². The third-order valence-corrected chi connectivity index (χ3v) is 10.4. The summed E-state index contributed by atoms with van der Waals surface area (Å²) in [5, 5.41) is 63.2. The average Bonchev–Trinajstić information content (AvgIpc) is 3.58. The van der Waals surface area contributed by atoms with Crippen LogP contribution in [0.25, 0.3) is 98.4 Å². The first kappa shape index (κ1) is 29.7. The molecule has 0 spiro atoms. The number of phenolic OH excluding ortho intramolecular Hbond substituents is 5. The third-order valence-electron chi connectivity index (χ3n) is 10.4. The van der Waals surface area contributed by atoms with E-state index in [2.05, 4.69) is 66.7 Å². The zero-order valence-corrected chi connectivity index (χ0v) is 27.4. The SMILES string of the molecule is Oc1c(O)c(O)c(-c2c3ccccc3c(-c3cccc4oc5cccc(-c6ccc7ccc8ccccc8c7c6)c5c34)c3ccccc23)c(O)c1O. The van der Waals surface area contributed by atoms with E-state index in [-0.39, 0.29) is 5.56 Å². The van der Waals surface area contributed by atoms with Gasteiger partial charge in [0.25, 0.3) is 0 Å². The topological polar surface area (TPSA) is 114 Å². The highest BCUT2D eigenvalue weighted by atomic mass is 16.4. The maximum atomic E-state index is 11.1. The smallest absolute Gasteiger partial charge is 0.208 e. The Bertz CT molecular complexity index is 3050. The summed E-state index contributed by atoms with van der Waals surface area (Å²) in [6.07, 6.45) is 0.